The summed E-state index contributed by atoms with van der Waals surface area (Å²) in [4.78, 5) is 27.6. The van der Waals surface area contributed by atoms with Gasteiger partial charge in [-0.1, -0.05) is 25.1 Å². The second-order valence-corrected chi connectivity index (χ2v) is 4.91. The largest absolute Gasteiger partial charge is 0.273 e. The molecule has 2 rings (SSSR count). The van der Waals surface area contributed by atoms with Gasteiger partial charge in [-0.3, -0.25) is 25.4 Å². The van der Waals surface area contributed by atoms with Crippen molar-refractivity contribution < 1.29 is 9.59 Å². The highest BCUT2D eigenvalue weighted by molar-refractivity contribution is 5.95. The Labute approximate surface area is 129 Å². The summed E-state index contributed by atoms with van der Waals surface area (Å²) in [7, 11) is 0. The number of nitrogens with zero attached hydrogens (tertiary/aromatic N) is 1. The van der Waals surface area contributed by atoms with Crippen LogP contribution in [0.4, 0.5) is 0 Å². The summed E-state index contributed by atoms with van der Waals surface area (Å²) in [5, 5.41) is 0. The molecule has 0 saturated heterocycles. The molecule has 0 atom stereocenters. The van der Waals surface area contributed by atoms with Crippen molar-refractivity contribution in [3.8, 4) is 0 Å². The molecular formula is C17H19N3O2. The normalized spacial score (nSPS) is 10.0. The molecular weight excluding hydrogens is 278 g/mol. The predicted molar refractivity (Wildman–Crippen MR) is 84.0 cm³/mol. The number of hydrogen-bond donors (Lipinski definition) is 2. The van der Waals surface area contributed by atoms with Crippen LogP contribution in [0.1, 0.15) is 34.8 Å². The summed E-state index contributed by atoms with van der Waals surface area (Å²) in [5.74, 6) is -0.556. The number of rotatable bonds is 5. The number of benzene rings is 1. The molecule has 2 amide bonds. The van der Waals surface area contributed by atoms with E-state index in [-0.39, 0.29) is 11.8 Å². The number of aromatic nitrogens is 1. The molecule has 0 aliphatic carbocycles. The summed E-state index contributed by atoms with van der Waals surface area (Å²) in [6, 6.07) is 11.0. The molecule has 1 aromatic carbocycles. The molecule has 0 unspecified atom stereocenters. The molecule has 22 heavy (non-hydrogen) atoms. The highest BCUT2D eigenvalue weighted by Gasteiger charge is 2.07. The third-order valence-corrected chi connectivity index (χ3v) is 3.30. The van der Waals surface area contributed by atoms with Crippen LogP contribution in [0.3, 0.4) is 0 Å². The number of amides is 2. The SMILES string of the molecule is CCc1ccc(C(=O)NNC(=O)CCc2cccnc2)cc1. The average molecular weight is 297 g/mol. The fraction of sp³-hybridized carbons (Fsp3) is 0.235. The van der Waals surface area contributed by atoms with Crippen LogP contribution in [0.2, 0.25) is 0 Å². The zero-order chi connectivity index (χ0) is 15.8. The molecule has 0 bridgehead atoms. The molecule has 1 aromatic heterocycles. The number of hydrogen-bond acceptors (Lipinski definition) is 3. The smallest absolute Gasteiger partial charge is 0.269 e. The molecule has 0 aliphatic heterocycles. The number of aryl methyl sites for hydroxylation is 2. The molecule has 5 heteroatoms. The molecule has 5 nitrogen and oxygen atoms in total. The van der Waals surface area contributed by atoms with Gasteiger partial charge in [-0.05, 0) is 42.2 Å². The number of pyridine rings is 1. The van der Waals surface area contributed by atoms with E-state index in [0.29, 0.717) is 18.4 Å². The lowest BCUT2D eigenvalue weighted by Gasteiger charge is -2.08. The molecule has 2 N–H and O–H groups in total. The molecule has 0 spiro atoms. The van der Waals surface area contributed by atoms with Crippen LogP contribution < -0.4 is 10.9 Å². The summed E-state index contributed by atoms with van der Waals surface area (Å²) >= 11 is 0. The van der Waals surface area contributed by atoms with Crippen LogP contribution in [-0.4, -0.2) is 16.8 Å². The number of carbonyl (C=O) groups is 2. The maximum atomic E-state index is 11.9. The lowest BCUT2D eigenvalue weighted by Crippen LogP contribution is -2.41. The summed E-state index contributed by atoms with van der Waals surface area (Å²) in [5.41, 5.74) is 7.51. The van der Waals surface area contributed by atoms with Crippen molar-refractivity contribution in [3.05, 3.63) is 65.5 Å². The highest BCUT2D eigenvalue weighted by atomic mass is 16.2. The van der Waals surface area contributed by atoms with Gasteiger partial charge in [0, 0.05) is 24.4 Å². The Hall–Kier alpha value is -2.69. The Morgan fingerprint density at radius 2 is 1.82 bits per heavy atom. The van der Waals surface area contributed by atoms with Gasteiger partial charge in [-0.25, -0.2) is 0 Å². The zero-order valence-corrected chi connectivity index (χ0v) is 12.5. The third-order valence-electron chi connectivity index (χ3n) is 3.30. The zero-order valence-electron chi connectivity index (χ0n) is 12.5. The van der Waals surface area contributed by atoms with E-state index in [9.17, 15) is 9.59 Å². The first-order valence-corrected chi connectivity index (χ1v) is 7.26. The van der Waals surface area contributed by atoms with Crippen molar-refractivity contribution in [2.75, 3.05) is 0 Å². The molecule has 114 valence electrons. The first-order chi connectivity index (χ1) is 10.7. The standard InChI is InChI=1S/C17H19N3O2/c1-2-13-5-8-15(9-6-13)17(22)20-19-16(21)10-7-14-4-3-11-18-12-14/h3-6,8-9,11-12H,2,7,10H2,1H3,(H,19,21)(H,20,22). The first-order valence-electron chi connectivity index (χ1n) is 7.26. The van der Waals surface area contributed by atoms with E-state index >= 15 is 0 Å². The second kappa shape index (κ2) is 7.93. The van der Waals surface area contributed by atoms with Crippen molar-refractivity contribution >= 4 is 11.8 Å². The summed E-state index contributed by atoms with van der Waals surface area (Å²) in [6.07, 6.45) is 5.21. The monoisotopic (exact) mass is 297 g/mol. The minimum atomic E-state index is -0.322. The molecule has 0 radical (unpaired) electrons. The summed E-state index contributed by atoms with van der Waals surface area (Å²) < 4.78 is 0. The second-order valence-electron chi connectivity index (χ2n) is 4.91. The topological polar surface area (TPSA) is 71.1 Å². The Balaban J connectivity index is 1.76. The van der Waals surface area contributed by atoms with E-state index in [0.717, 1.165) is 17.5 Å². The van der Waals surface area contributed by atoms with Gasteiger partial charge >= 0.3 is 0 Å². The van der Waals surface area contributed by atoms with Gasteiger partial charge < -0.3 is 0 Å². The van der Waals surface area contributed by atoms with Gasteiger partial charge in [0.25, 0.3) is 5.91 Å². The van der Waals surface area contributed by atoms with E-state index < -0.39 is 0 Å². The van der Waals surface area contributed by atoms with E-state index in [4.69, 9.17) is 0 Å². The van der Waals surface area contributed by atoms with Crippen LogP contribution in [0.25, 0.3) is 0 Å². The summed E-state index contributed by atoms with van der Waals surface area (Å²) in [6.45, 7) is 2.05. The van der Waals surface area contributed by atoms with Crippen molar-refractivity contribution in [3.63, 3.8) is 0 Å². The Bertz CT molecular complexity index is 624. The van der Waals surface area contributed by atoms with Crippen LogP contribution in [-0.2, 0) is 17.6 Å². The van der Waals surface area contributed by atoms with Crippen molar-refractivity contribution in [1.82, 2.24) is 15.8 Å². The predicted octanol–water partition coefficient (Wildman–Crippen LogP) is 2.04. The third kappa shape index (κ3) is 4.70. The van der Waals surface area contributed by atoms with E-state index in [1.54, 1.807) is 24.5 Å². The Morgan fingerprint density at radius 3 is 2.45 bits per heavy atom. The van der Waals surface area contributed by atoms with Crippen molar-refractivity contribution in [2.24, 2.45) is 0 Å². The average Bonchev–Trinajstić information content (AvgIpc) is 2.58. The fourth-order valence-electron chi connectivity index (χ4n) is 1.96. The quantitative estimate of drug-likeness (QED) is 0.830. The Morgan fingerprint density at radius 1 is 1.05 bits per heavy atom. The van der Waals surface area contributed by atoms with Gasteiger partial charge in [-0.2, -0.15) is 0 Å². The van der Waals surface area contributed by atoms with Crippen LogP contribution in [0, 0.1) is 0 Å². The Kier molecular flexibility index (Phi) is 5.65. The number of nitrogens with one attached hydrogen (secondary N) is 2. The number of hydrazine groups is 1. The van der Waals surface area contributed by atoms with Gasteiger partial charge in [0.15, 0.2) is 0 Å². The fourth-order valence-corrected chi connectivity index (χ4v) is 1.96. The van der Waals surface area contributed by atoms with Crippen LogP contribution >= 0.6 is 0 Å². The maximum Gasteiger partial charge on any atom is 0.269 e. The molecule has 2 aromatic rings. The molecule has 1 heterocycles. The molecule has 0 saturated carbocycles. The van der Waals surface area contributed by atoms with Crippen molar-refractivity contribution in [2.45, 2.75) is 26.2 Å². The van der Waals surface area contributed by atoms with Gasteiger partial charge in [0.05, 0.1) is 0 Å². The van der Waals surface area contributed by atoms with Gasteiger partial charge in [-0.15, -0.1) is 0 Å². The van der Waals surface area contributed by atoms with Gasteiger partial charge in [0.1, 0.15) is 0 Å². The lowest BCUT2D eigenvalue weighted by molar-refractivity contribution is -0.121. The minimum absolute atomic E-state index is 0.234. The highest BCUT2D eigenvalue weighted by Crippen LogP contribution is 2.04. The van der Waals surface area contributed by atoms with Crippen LogP contribution in [0.15, 0.2) is 48.8 Å². The number of carbonyl (C=O) groups excluding carboxylic acids is 2. The van der Waals surface area contributed by atoms with Gasteiger partial charge in [0.2, 0.25) is 5.91 Å². The van der Waals surface area contributed by atoms with E-state index in [1.807, 2.05) is 24.3 Å². The lowest BCUT2D eigenvalue weighted by atomic mass is 10.1. The molecule has 0 aliphatic rings. The van der Waals surface area contributed by atoms with E-state index in [1.165, 1.54) is 0 Å². The maximum absolute atomic E-state index is 11.9. The van der Waals surface area contributed by atoms with E-state index in [2.05, 4.69) is 22.8 Å². The minimum Gasteiger partial charge on any atom is -0.273 e. The molecule has 0 fully saturated rings. The van der Waals surface area contributed by atoms with Crippen LogP contribution in [0.5, 0.6) is 0 Å². The first kappa shape index (κ1) is 15.7. The van der Waals surface area contributed by atoms with Crippen molar-refractivity contribution in [1.29, 1.82) is 0 Å².